The molecule has 23 heavy (non-hydrogen) atoms. The standard InChI is InChI=1S/C18H21BrN2O2/c1-12(2)16-6-4-5-7-17(16)23-13(3)20-18(22)21-15-10-8-14(19)9-11-15/h4-13H,1-3H3,(H2,20,21,22). The average molecular weight is 377 g/mol. The summed E-state index contributed by atoms with van der Waals surface area (Å²) >= 11 is 3.36. The van der Waals surface area contributed by atoms with Gasteiger partial charge in [0, 0.05) is 10.2 Å². The van der Waals surface area contributed by atoms with Crippen molar-refractivity contribution in [2.75, 3.05) is 5.32 Å². The summed E-state index contributed by atoms with van der Waals surface area (Å²) in [6.07, 6.45) is -0.439. The van der Waals surface area contributed by atoms with Gasteiger partial charge in [-0.3, -0.25) is 0 Å². The Kier molecular flexibility index (Phi) is 6.04. The van der Waals surface area contributed by atoms with Crippen molar-refractivity contribution >= 4 is 27.6 Å². The van der Waals surface area contributed by atoms with Crippen LogP contribution in [-0.4, -0.2) is 12.3 Å². The fourth-order valence-electron chi connectivity index (χ4n) is 2.17. The first kappa shape index (κ1) is 17.3. The molecule has 0 fully saturated rings. The molecule has 122 valence electrons. The van der Waals surface area contributed by atoms with Crippen LogP contribution in [0.5, 0.6) is 5.75 Å². The number of amides is 2. The van der Waals surface area contributed by atoms with Crippen molar-refractivity contribution in [2.24, 2.45) is 0 Å². The zero-order chi connectivity index (χ0) is 16.8. The maximum absolute atomic E-state index is 12.0. The molecule has 0 aliphatic carbocycles. The second-order valence-electron chi connectivity index (χ2n) is 5.56. The van der Waals surface area contributed by atoms with Gasteiger partial charge in [0.2, 0.25) is 0 Å². The highest BCUT2D eigenvalue weighted by atomic mass is 79.9. The molecule has 1 atom stereocenters. The Morgan fingerprint density at radius 2 is 1.70 bits per heavy atom. The fourth-order valence-corrected chi connectivity index (χ4v) is 2.43. The lowest BCUT2D eigenvalue weighted by Gasteiger charge is -2.20. The summed E-state index contributed by atoms with van der Waals surface area (Å²) in [6.45, 7) is 6.03. The van der Waals surface area contributed by atoms with Crippen LogP contribution in [0.4, 0.5) is 10.5 Å². The number of nitrogens with one attached hydrogen (secondary N) is 2. The molecule has 0 aliphatic heterocycles. The van der Waals surface area contributed by atoms with Gasteiger partial charge in [0.25, 0.3) is 0 Å². The molecule has 0 aromatic heterocycles. The number of rotatable bonds is 5. The number of urea groups is 1. The minimum Gasteiger partial charge on any atom is -0.471 e. The largest absolute Gasteiger partial charge is 0.471 e. The Morgan fingerprint density at radius 3 is 2.35 bits per heavy atom. The van der Waals surface area contributed by atoms with E-state index >= 15 is 0 Å². The average Bonchev–Trinajstić information content (AvgIpc) is 2.49. The maximum Gasteiger partial charge on any atom is 0.322 e. The molecule has 2 amide bonds. The third-order valence-corrected chi connectivity index (χ3v) is 3.81. The van der Waals surface area contributed by atoms with Crippen LogP contribution in [-0.2, 0) is 0 Å². The van der Waals surface area contributed by atoms with Crippen LogP contribution in [0.3, 0.4) is 0 Å². The molecule has 0 heterocycles. The SMILES string of the molecule is CC(NC(=O)Nc1ccc(Br)cc1)Oc1ccccc1C(C)C. The number of carbonyl (C=O) groups is 1. The van der Waals surface area contributed by atoms with Crippen molar-refractivity contribution in [1.29, 1.82) is 0 Å². The summed E-state index contributed by atoms with van der Waals surface area (Å²) in [7, 11) is 0. The Morgan fingerprint density at radius 1 is 1.04 bits per heavy atom. The topological polar surface area (TPSA) is 50.4 Å². The summed E-state index contributed by atoms with van der Waals surface area (Å²) in [5, 5.41) is 5.55. The number of halogens is 1. The van der Waals surface area contributed by atoms with Crippen molar-refractivity contribution < 1.29 is 9.53 Å². The third kappa shape index (κ3) is 5.28. The molecule has 2 aromatic carbocycles. The molecule has 0 spiro atoms. The predicted molar refractivity (Wildman–Crippen MR) is 96.9 cm³/mol. The van der Waals surface area contributed by atoms with Crippen molar-refractivity contribution in [2.45, 2.75) is 32.9 Å². The van der Waals surface area contributed by atoms with E-state index in [9.17, 15) is 4.79 Å². The van der Waals surface area contributed by atoms with Gasteiger partial charge in [-0.15, -0.1) is 0 Å². The van der Waals surface area contributed by atoms with Crippen molar-refractivity contribution in [3.63, 3.8) is 0 Å². The second-order valence-corrected chi connectivity index (χ2v) is 6.47. The van der Waals surface area contributed by atoms with Gasteiger partial charge in [0.15, 0.2) is 6.23 Å². The summed E-state index contributed by atoms with van der Waals surface area (Å²) in [5.41, 5.74) is 1.84. The third-order valence-electron chi connectivity index (χ3n) is 3.28. The first-order valence-corrected chi connectivity index (χ1v) is 8.33. The number of carbonyl (C=O) groups excluding carboxylic acids is 1. The first-order valence-electron chi connectivity index (χ1n) is 7.54. The molecule has 0 aliphatic rings. The minimum atomic E-state index is -0.439. The lowest BCUT2D eigenvalue weighted by molar-refractivity contribution is 0.181. The van der Waals surface area contributed by atoms with E-state index in [1.165, 1.54) is 0 Å². The quantitative estimate of drug-likeness (QED) is 0.711. The molecule has 5 heteroatoms. The molecule has 0 saturated heterocycles. The molecular formula is C18H21BrN2O2. The number of hydrogen-bond donors (Lipinski definition) is 2. The number of benzene rings is 2. The zero-order valence-corrected chi connectivity index (χ0v) is 15.1. The van der Waals surface area contributed by atoms with E-state index in [0.717, 1.165) is 21.5 Å². The van der Waals surface area contributed by atoms with E-state index in [2.05, 4.69) is 40.4 Å². The van der Waals surface area contributed by atoms with Crippen molar-refractivity contribution in [1.82, 2.24) is 5.32 Å². The Hall–Kier alpha value is -2.01. The van der Waals surface area contributed by atoms with E-state index in [1.807, 2.05) is 48.5 Å². The van der Waals surface area contributed by atoms with E-state index in [0.29, 0.717) is 5.92 Å². The fraction of sp³-hybridized carbons (Fsp3) is 0.278. The van der Waals surface area contributed by atoms with Crippen LogP contribution in [0.2, 0.25) is 0 Å². The summed E-state index contributed by atoms with van der Waals surface area (Å²) in [5.74, 6) is 1.15. The van der Waals surface area contributed by atoms with Gasteiger partial charge in [0.1, 0.15) is 5.75 Å². The zero-order valence-electron chi connectivity index (χ0n) is 13.5. The molecule has 2 aromatic rings. The molecule has 2 N–H and O–H groups in total. The van der Waals surface area contributed by atoms with Gasteiger partial charge in [0.05, 0.1) is 0 Å². The lowest BCUT2D eigenvalue weighted by atomic mass is 10.0. The van der Waals surface area contributed by atoms with Crippen LogP contribution in [0.1, 0.15) is 32.3 Å². The Labute approximate surface area is 145 Å². The number of ether oxygens (including phenoxy) is 1. The minimum absolute atomic E-state index is 0.304. The molecule has 0 radical (unpaired) electrons. The summed E-state index contributed by atoms with van der Waals surface area (Å²) in [6, 6.07) is 14.9. The van der Waals surface area contributed by atoms with Crippen LogP contribution in [0.15, 0.2) is 53.0 Å². The van der Waals surface area contributed by atoms with E-state index in [4.69, 9.17) is 4.74 Å². The first-order chi connectivity index (χ1) is 11.0. The van der Waals surface area contributed by atoms with Crippen LogP contribution < -0.4 is 15.4 Å². The molecule has 0 bridgehead atoms. The number of para-hydroxylation sites is 1. The summed E-state index contributed by atoms with van der Waals surface area (Å²) < 4.78 is 6.82. The Bertz CT molecular complexity index is 656. The van der Waals surface area contributed by atoms with Gasteiger partial charge >= 0.3 is 6.03 Å². The molecule has 1 unspecified atom stereocenters. The van der Waals surface area contributed by atoms with Gasteiger partial charge in [-0.25, -0.2) is 4.79 Å². The maximum atomic E-state index is 12.0. The highest BCUT2D eigenvalue weighted by molar-refractivity contribution is 9.10. The smallest absolute Gasteiger partial charge is 0.322 e. The van der Waals surface area contributed by atoms with Crippen molar-refractivity contribution in [3.8, 4) is 5.75 Å². The predicted octanol–water partition coefficient (Wildman–Crippen LogP) is 5.12. The Balaban J connectivity index is 1.93. The van der Waals surface area contributed by atoms with E-state index in [-0.39, 0.29) is 6.03 Å². The molecule has 0 saturated carbocycles. The van der Waals surface area contributed by atoms with Gasteiger partial charge in [-0.05, 0) is 48.7 Å². The number of hydrogen-bond acceptors (Lipinski definition) is 2. The van der Waals surface area contributed by atoms with Crippen molar-refractivity contribution in [3.05, 3.63) is 58.6 Å². The van der Waals surface area contributed by atoms with Gasteiger partial charge < -0.3 is 15.4 Å². The van der Waals surface area contributed by atoms with Crippen LogP contribution in [0.25, 0.3) is 0 Å². The molecular weight excluding hydrogens is 356 g/mol. The highest BCUT2D eigenvalue weighted by Gasteiger charge is 2.12. The van der Waals surface area contributed by atoms with Gasteiger partial charge in [-0.1, -0.05) is 48.0 Å². The summed E-state index contributed by atoms with van der Waals surface area (Å²) in [4.78, 5) is 12.0. The monoisotopic (exact) mass is 376 g/mol. The molecule has 4 nitrogen and oxygen atoms in total. The van der Waals surface area contributed by atoms with E-state index in [1.54, 1.807) is 6.92 Å². The van der Waals surface area contributed by atoms with E-state index < -0.39 is 6.23 Å². The second kappa shape index (κ2) is 8.02. The van der Waals surface area contributed by atoms with Gasteiger partial charge in [-0.2, -0.15) is 0 Å². The van der Waals surface area contributed by atoms with Crippen LogP contribution in [0, 0.1) is 0 Å². The number of anilines is 1. The molecule has 2 rings (SSSR count). The van der Waals surface area contributed by atoms with Crippen LogP contribution >= 0.6 is 15.9 Å². The highest BCUT2D eigenvalue weighted by Crippen LogP contribution is 2.26. The lowest BCUT2D eigenvalue weighted by Crippen LogP contribution is -2.39. The normalized spacial score (nSPS) is 11.9.